The van der Waals surface area contributed by atoms with Crippen molar-refractivity contribution in [3.05, 3.63) is 91.0 Å². The first kappa shape index (κ1) is 25.8. The normalized spacial score (nSPS) is 13.7. The summed E-state index contributed by atoms with van der Waals surface area (Å²) in [6, 6.07) is 28.7. The van der Waals surface area contributed by atoms with Crippen molar-refractivity contribution in [3.8, 4) is 0 Å². The predicted molar refractivity (Wildman–Crippen MR) is 137 cm³/mol. The summed E-state index contributed by atoms with van der Waals surface area (Å²) in [5, 5.41) is 2.47. The number of phosphoric ester groups is 1. The number of benzene rings is 3. The van der Waals surface area contributed by atoms with Gasteiger partial charge in [0.1, 0.15) is 15.9 Å². The van der Waals surface area contributed by atoms with Crippen molar-refractivity contribution < 1.29 is 18.3 Å². The summed E-state index contributed by atoms with van der Waals surface area (Å²) in [7, 11) is -7.57. The van der Waals surface area contributed by atoms with Crippen molar-refractivity contribution in [1.82, 2.24) is 4.90 Å². The molecule has 0 aliphatic carbocycles. The third kappa shape index (κ3) is 6.83. The zero-order valence-electron chi connectivity index (χ0n) is 19.4. The highest BCUT2D eigenvalue weighted by Crippen LogP contribution is 2.66. The molecular formula is C26H33NO4P2. The van der Waals surface area contributed by atoms with Gasteiger partial charge in [-0.05, 0) is 68.9 Å². The van der Waals surface area contributed by atoms with Crippen LogP contribution in [0.4, 0.5) is 0 Å². The molecule has 0 saturated heterocycles. The molecule has 0 N–H and O–H groups in total. The van der Waals surface area contributed by atoms with Crippen molar-refractivity contribution in [3.63, 3.8) is 0 Å². The van der Waals surface area contributed by atoms with Crippen LogP contribution in [0.1, 0.15) is 26.7 Å². The van der Waals surface area contributed by atoms with Gasteiger partial charge in [-0.2, -0.15) is 4.31 Å². The Bertz CT molecular complexity index is 902. The van der Waals surface area contributed by atoms with E-state index < -0.39 is 15.3 Å². The number of hydrogen-bond donors (Lipinski definition) is 0. The summed E-state index contributed by atoms with van der Waals surface area (Å²) in [4.78, 5) is 15.5. The Morgan fingerprint density at radius 2 is 1.18 bits per heavy atom. The second-order valence-corrected chi connectivity index (χ2v) is 12.3. The Kier molecular flexibility index (Phi) is 9.82. The lowest BCUT2D eigenvalue weighted by molar-refractivity contribution is -0.216. The summed E-state index contributed by atoms with van der Waals surface area (Å²) in [6.45, 7) is 7.26. The molecule has 3 rings (SSSR count). The number of rotatable bonds is 13. The molecule has 0 aliphatic rings. The maximum Gasteiger partial charge on any atom is 0.308 e. The Morgan fingerprint density at radius 3 is 1.58 bits per heavy atom. The van der Waals surface area contributed by atoms with E-state index in [2.05, 4.69) is 18.7 Å². The van der Waals surface area contributed by atoms with Gasteiger partial charge in [0.2, 0.25) is 0 Å². The molecule has 0 saturated carbocycles. The van der Waals surface area contributed by atoms with Crippen molar-refractivity contribution in [1.29, 1.82) is 0 Å². The molecule has 3 aromatic carbocycles. The zero-order chi connectivity index (χ0) is 23.6. The van der Waals surface area contributed by atoms with E-state index in [0.717, 1.165) is 42.0 Å². The minimum Gasteiger partial charge on any atom is -0.754 e. The Hall–Kier alpha value is -1.84. The zero-order valence-corrected chi connectivity index (χ0v) is 21.2. The van der Waals surface area contributed by atoms with Crippen molar-refractivity contribution in [2.75, 3.05) is 26.2 Å². The second kappa shape index (κ2) is 12.6. The highest BCUT2D eigenvalue weighted by atomic mass is 31.3. The molecule has 3 aromatic rings. The molecule has 0 bridgehead atoms. The topological polar surface area (TPSA) is 61.8 Å². The molecule has 0 amide bonds. The van der Waals surface area contributed by atoms with Crippen molar-refractivity contribution in [2.45, 2.75) is 26.7 Å². The van der Waals surface area contributed by atoms with E-state index in [0.29, 0.717) is 6.42 Å². The van der Waals surface area contributed by atoms with Gasteiger partial charge in [-0.25, -0.2) is 0 Å². The van der Waals surface area contributed by atoms with Crippen molar-refractivity contribution in [2.24, 2.45) is 0 Å². The number of phosphoric acid groups is 1. The van der Waals surface area contributed by atoms with Gasteiger partial charge in [0, 0.05) is 0 Å². The molecule has 176 valence electrons. The monoisotopic (exact) mass is 485 g/mol. The first-order chi connectivity index (χ1) is 16.0. The summed E-state index contributed by atoms with van der Waals surface area (Å²) in [6.07, 6.45) is 1.53. The SMILES string of the molecule is CCN(CC)CCCCOP(=O)([O-])O[P+](c1ccccc1)(c1ccccc1)c1ccccc1. The van der Waals surface area contributed by atoms with E-state index in [9.17, 15) is 9.46 Å². The molecule has 1 atom stereocenters. The van der Waals surface area contributed by atoms with Crippen LogP contribution in [0, 0.1) is 0 Å². The number of hydrogen-bond acceptors (Lipinski definition) is 5. The third-order valence-electron chi connectivity index (χ3n) is 5.59. The van der Waals surface area contributed by atoms with Gasteiger partial charge in [-0.3, -0.25) is 4.57 Å². The standard InChI is InChI=1S/C26H33NO4P2/c1-3-27(4-2)22-14-15-23-30-33(28,29)31-32(24-16-8-5-9-17-24,25-18-10-6-11-19-25)26-20-12-7-13-21-26/h5-13,16-21H,3-4,14-15,22-23H2,1-2H3. The lowest BCUT2D eigenvalue weighted by Gasteiger charge is -2.31. The second-order valence-electron chi connectivity index (χ2n) is 7.71. The van der Waals surface area contributed by atoms with Crippen LogP contribution in [0.5, 0.6) is 0 Å². The van der Waals surface area contributed by atoms with Crippen LogP contribution in [-0.2, 0) is 13.4 Å². The van der Waals surface area contributed by atoms with E-state index in [1.54, 1.807) is 0 Å². The van der Waals surface area contributed by atoms with Gasteiger partial charge in [-0.15, -0.1) is 0 Å². The molecule has 1 unspecified atom stereocenters. The van der Waals surface area contributed by atoms with E-state index in [1.165, 1.54) is 0 Å². The van der Waals surface area contributed by atoms with Crippen molar-refractivity contribution >= 4 is 31.2 Å². The molecule has 0 aliphatic heterocycles. The fourth-order valence-electron chi connectivity index (χ4n) is 3.83. The lowest BCUT2D eigenvalue weighted by Crippen LogP contribution is -2.33. The molecule has 7 heteroatoms. The quantitative estimate of drug-likeness (QED) is 0.263. The first-order valence-corrected chi connectivity index (χ1v) is 14.6. The summed E-state index contributed by atoms with van der Waals surface area (Å²) >= 11 is 0. The maximum atomic E-state index is 13.2. The van der Waals surface area contributed by atoms with Gasteiger partial charge < -0.3 is 14.3 Å². The van der Waals surface area contributed by atoms with Crippen LogP contribution in [0.2, 0.25) is 0 Å². The highest BCUT2D eigenvalue weighted by Gasteiger charge is 2.51. The summed E-state index contributed by atoms with van der Waals surface area (Å²) in [5.74, 6) is 0. The Labute approximate surface area is 198 Å². The minimum atomic E-state index is -4.60. The smallest absolute Gasteiger partial charge is 0.308 e. The van der Waals surface area contributed by atoms with Gasteiger partial charge >= 0.3 is 7.82 Å². The van der Waals surface area contributed by atoms with E-state index in [1.807, 2.05) is 91.0 Å². The van der Waals surface area contributed by atoms with E-state index in [4.69, 9.17) is 8.83 Å². The van der Waals surface area contributed by atoms with Gasteiger partial charge in [-0.1, -0.05) is 68.4 Å². The fraction of sp³-hybridized carbons (Fsp3) is 0.308. The van der Waals surface area contributed by atoms with Crippen LogP contribution in [0.25, 0.3) is 0 Å². The minimum absolute atomic E-state index is 0.112. The molecule has 0 aromatic heterocycles. The van der Waals surface area contributed by atoms with Crippen LogP contribution in [0.15, 0.2) is 91.0 Å². The molecule has 5 nitrogen and oxygen atoms in total. The molecule has 33 heavy (non-hydrogen) atoms. The maximum absolute atomic E-state index is 13.2. The van der Waals surface area contributed by atoms with E-state index >= 15 is 0 Å². The lowest BCUT2D eigenvalue weighted by atomic mass is 10.3. The van der Waals surface area contributed by atoms with E-state index in [-0.39, 0.29) is 6.61 Å². The average Bonchev–Trinajstić information content (AvgIpc) is 2.86. The molecule has 0 heterocycles. The summed E-state index contributed by atoms with van der Waals surface area (Å²) < 4.78 is 24.7. The molecular weight excluding hydrogens is 452 g/mol. The van der Waals surface area contributed by atoms with Gasteiger partial charge in [0.25, 0.3) is 7.49 Å². The third-order valence-corrected chi connectivity index (χ3v) is 10.9. The van der Waals surface area contributed by atoms with Crippen LogP contribution >= 0.6 is 15.3 Å². The number of nitrogens with zero attached hydrogens (tertiary/aromatic N) is 1. The van der Waals surface area contributed by atoms with Gasteiger partial charge in [0.15, 0.2) is 0 Å². The van der Waals surface area contributed by atoms with Crippen LogP contribution in [-0.4, -0.2) is 31.1 Å². The van der Waals surface area contributed by atoms with Gasteiger partial charge in [0.05, 0.1) is 6.61 Å². The average molecular weight is 486 g/mol. The highest BCUT2D eigenvalue weighted by molar-refractivity contribution is 7.94. The largest absolute Gasteiger partial charge is 0.754 e. The van der Waals surface area contributed by atoms with Crippen LogP contribution in [0.3, 0.4) is 0 Å². The summed E-state index contributed by atoms with van der Waals surface area (Å²) in [5.41, 5.74) is 0. The number of unbranched alkanes of at least 4 members (excludes halogenated alkanes) is 1. The fourth-order valence-corrected chi connectivity index (χ4v) is 9.37. The molecule has 0 spiro atoms. The first-order valence-electron chi connectivity index (χ1n) is 11.5. The Balaban J connectivity index is 1.89. The van der Waals surface area contributed by atoms with Crippen LogP contribution < -0.4 is 20.8 Å². The molecule has 0 fully saturated rings. The predicted octanol–water partition coefficient (Wildman–Crippen LogP) is 4.52. The Morgan fingerprint density at radius 1 is 0.758 bits per heavy atom. The molecule has 0 radical (unpaired) electrons.